The van der Waals surface area contributed by atoms with E-state index in [-0.39, 0.29) is 6.61 Å². The van der Waals surface area contributed by atoms with Crippen LogP contribution in [0.4, 0.5) is 0 Å². The summed E-state index contributed by atoms with van der Waals surface area (Å²) < 4.78 is 0. The predicted molar refractivity (Wildman–Crippen MR) is 79.2 cm³/mol. The Morgan fingerprint density at radius 2 is 1.79 bits per heavy atom. The molecule has 0 aromatic carbocycles. The number of aliphatic hydroxyl groups is 1. The predicted octanol–water partition coefficient (Wildman–Crippen LogP) is 1.04. The van der Waals surface area contributed by atoms with Gasteiger partial charge in [0.15, 0.2) is 0 Å². The summed E-state index contributed by atoms with van der Waals surface area (Å²) in [7, 11) is 0. The molecule has 2 aliphatic rings. The second-order valence-corrected chi connectivity index (χ2v) is 6.73. The second-order valence-electron chi connectivity index (χ2n) is 6.73. The van der Waals surface area contributed by atoms with Crippen LogP contribution in [0.2, 0.25) is 0 Å². The molecule has 1 unspecified atom stereocenters. The molecule has 4 heteroatoms. The Bertz CT molecular complexity index is 256. The summed E-state index contributed by atoms with van der Waals surface area (Å²) in [6, 6.07) is 0.879. The van der Waals surface area contributed by atoms with Crippen molar-refractivity contribution in [3.05, 3.63) is 0 Å². The van der Waals surface area contributed by atoms with Crippen LogP contribution in [0.5, 0.6) is 0 Å². The molecule has 0 spiro atoms. The minimum atomic E-state index is -0.397. The van der Waals surface area contributed by atoms with E-state index in [4.69, 9.17) is 10.8 Å². The quantitative estimate of drug-likeness (QED) is 0.756. The Morgan fingerprint density at radius 3 is 2.37 bits per heavy atom. The second kappa shape index (κ2) is 7.02. The van der Waals surface area contributed by atoms with Gasteiger partial charge in [0.05, 0.1) is 6.61 Å². The van der Waals surface area contributed by atoms with E-state index in [1.807, 2.05) is 6.92 Å². The lowest BCUT2D eigenvalue weighted by Crippen LogP contribution is -2.50. The summed E-state index contributed by atoms with van der Waals surface area (Å²) in [5.41, 5.74) is 5.56. The van der Waals surface area contributed by atoms with E-state index in [1.54, 1.807) is 0 Å². The average molecular weight is 269 g/mol. The standard InChI is InChI=1S/C15H31N3O/c1-15(16,13-19)7-4-8-17-9-11-18(12-10-17)14-5-2-3-6-14/h14,19H,2-13,16H2,1H3. The van der Waals surface area contributed by atoms with Crippen molar-refractivity contribution in [3.8, 4) is 0 Å². The van der Waals surface area contributed by atoms with Crippen LogP contribution in [0.1, 0.15) is 45.4 Å². The fourth-order valence-electron chi connectivity index (χ4n) is 3.41. The molecular weight excluding hydrogens is 238 g/mol. The van der Waals surface area contributed by atoms with Gasteiger partial charge in [0.25, 0.3) is 0 Å². The highest BCUT2D eigenvalue weighted by atomic mass is 16.3. The molecule has 1 aliphatic heterocycles. The number of rotatable bonds is 6. The van der Waals surface area contributed by atoms with Crippen molar-refractivity contribution in [2.75, 3.05) is 39.3 Å². The van der Waals surface area contributed by atoms with Gasteiger partial charge in [-0.1, -0.05) is 12.8 Å². The van der Waals surface area contributed by atoms with Crippen molar-refractivity contribution < 1.29 is 5.11 Å². The molecule has 2 fully saturated rings. The first-order valence-electron chi connectivity index (χ1n) is 7.97. The molecule has 0 aromatic heterocycles. The highest BCUT2D eigenvalue weighted by Gasteiger charge is 2.26. The number of nitrogens with zero attached hydrogens (tertiary/aromatic N) is 2. The van der Waals surface area contributed by atoms with E-state index in [0.717, 1.165) is 25.4 Å². The van der Waals surface area contributed by atoms with Crippen molar-refractivity contribution in [1.82, 2.24) is 9.80 Å². The SMILES string of the molecule is CC(N)(CO)CCCN1CCN(C2CCCC2)CC1. The molecule has 1 heterocycles. The zero-order valence-electron chi connectivity index (χ0n) is 12.5. The monoisotopic (exact) mass is 269 g/mol. The summed E-state index contributed by atoms with van der Waals surface area (Å²) >= 11 is 0. The van der Waals surface area contributed by atoms with Crippen molar-refractivity contribution in [3.63, 3.8) is 0 Å². The van der Waals surface area contributed by atoms with Gasteiger partial charge < -0.3 is 15.7 Å². The van der Waals surface area contributed by atoms with E-state index < -0.39 is 5.54 Å². The van der Waals surface area contributed by atoms with Gasteiger partial charge in [0.2, 0.25) is 0 Å². The number of aliphatic hydroxyl groups excluding tert-OH is 1. The summed E-state index contributed by atoms with van der Waals surface area (Å²) in [4.78, 5) is 5.25. The Labute approximate surface area is 117 Å². The Balaban J connectivity index is 1.61. The van der Waals surface area contributed by atoms with Crippen LogP contribution < -0.4 is 5.73 Å². The van der Waals surface area contributed by atoms with E-state index in [9.17, 15) is 0 Å². The maximum atomic E-state index is 9.14. The Morgan fingerprint density at radius 1 is 1.16 bits per heavy atom. The molecule has 1 aliphatic carbocycles. The maximum Gasteiger partial charge on any atom is 0.0608 e. The van der Waals surface area contributed by atoms with Crippen LogP contribution in [0.25, 0.3) is 0 Å². The first-order chi connectivity index (χ1) is 9.11. The van der Waals surface area contributed by atoms with Gasteiger partial charge in [-0.25, -0.2) is 0 Å². The van der Waals surface area contributed by atoms with E-state index in [1.165, 1.54) is 51.9 Å². The minimum absolute atomic E-state index is 0.0858. The van der Waals surface area contributed by atoms with Gasteiger partial charge in [-0.05, 0) is 39.2 Å². The van der Waals surface area contributed by atoms with Gasteiger partial charge in [0, 0.05) is 37.8 Å². The van der Waals surface area contributed by atoms with Crippen LogP contribution >= 0.6 is 0 Å². The molecule has 0 bridgehead atoms. The van der Waals surface area contributed by atoms with Crippen molar-refractivity contribution in [2.45, 2.75) is 57.0 Å². The van der Waals surface area contributed by atoms with E-state index >= 15 is 0 Å². The largest absolute Gasteiger partial charge is 0.394 e. The summed E-state index contributed by atoms with van der Waals surface area (Å²) in [5, 5.41) is 9.14. The third-order valence-corrected chi connectivity index (χ3v) is 4.83. The molecular formula is C15H31N3O. The molecule has 4 nitrogen and oxygen atoms in total. The smallest absolute Gasteiger partial charge is 0.0608 e. The van der Waals surface area contributed by atoms with Crippen molar-refractivity contribution in [1.29, 1.82) is 0 Å². The Hall–Kier alpha value is -0.160. The third-order valence-electron chi connectivity index (χ3n) is 4.83. The van der Waals surface area contributed by atoms with Gasteiger partial charge in [-0.15, -0.1) is 0 Å². The lowest BCUT2D eigenvalue weighted by atomic mass is 9.98. The molecule has 2 rings (SSSR count). The molecule has 0 aromatic rings. The summed E-state index contributed by atoms with van der Waals surface area (Å²) in [6.07, 6.45) is 7.70. The number of piperazine rings is 1. The summed E-state index contributed by atoms with van der Waals surface area (Å²) in [5.74, 6) is 0. The number of hydrogen-bond donors (Lipinski definition) is 2. The van der Waals surface area contributed by atoms with Gasteiger partial charge in [-0.2, -0.15) is 0 Å². The molecule has 1 saturated carbocycles. The minimum Gasteiger partial charge on any atom is -0.394 e. The topological polar surface area (TPSA) is 52.7 Å². The van der Waals surface area contributed by atoms with Crippen LogP contribution in [0.15, 0.2) is 0 Å². The van der Waals surface area contributed by atoms with Crippen molar-refractivity contribution >= 4 is 0 Å². The lowest BCUT2D eigenvalue weighted by molar-refractivity contribution is 0.0942. The lowest BCUT2D eigenvalue weighted by Gasteiger charge is -2.38. The first kappa shape index (κ1) is 15.2. The van der Waals surface area contributed by atoms with Crippen LogP contribution in [-0.2, 0) is 0 Å². The third kappa shape index (κ3) is 4.71. The molecule has 1 saturated heterocycles. The van der Waals surface area contributed by atoms with Gasteiger partial charge in [-0.3, -0.25) is 4.90 Å². The zero-order valence-corrected chi connectivity index (χ0v) is 12.5. The first-order valence-corrected chi connectivity index (χ1v) is 7.97. The molecule has 0 amide bonds. The fourth-order valence-corrected chi connectivity index (χ4v) is 3.41. The van der Waals surface area contributed by atoms with Crippen LogP contribution in [0.3, 0.4) is 0 Å². The highest BCUT2D eigenvalue weighted by Crippen LogP contribution is 2.24. The fraction of sp³-hybridized carbons (Fsp3) is 1.00. The average Bonchev–Trinajstić information content (AvgIpc) is 2.93. The van der Waals surface area contributed by atoms with Crippen molar-refractivity contribution in [2.24, 2.45) is 5.73 Å². The Kier molecular flexibility index (Phi) is 5.63. The molecule has 0 radical (unpaired) electrons. The van der Waals surface area contributed by atoms with Gasteiger partial charge >= 0.3 is 0 Å². The summed E-state index contributed by atoms with van der Waals surface area (Å²) in [6.45, 7) is 8.04. The molecule has 112 valence electrons. The van der Waals surface area contributed by atoms with E-state index in [0.29, 0.717) is 0 Å². The molecule has 1 atom stereocenters. The number of hydrogen-bond acceptors (Lipinski definition) is 4. The van der Waals surface area contributed by atoms with Gasteiger partial charge in [0.1, 0.15) is 0 Å². The highest BCUT2D eigenvalue weighted by molar-refractivity contribution is 4.83. The number of nitrogens with two attached hydrogens (primary N) is 1. The zero-order chi connectivity index (χ0) is 13.7. The normalized spacial score (nSPS) is 26.7. The van der Waals surface area contributed by atoms with Crippen LogP contribution in [-0.4, -0.2) is 65.8 Å². The maximum absolute atomic E-state index is 9.14. The van der Waals surface area contributed by atoms with E-state index in [2.05, 4.69) is 9.80 Å². The molecule has 3 N–H and O–H groups in total. The van der Waals surface area contributed by atoms with Crippen LogP contribution in [0, 0.1) is 0 Å². The molecule has 19 heavy (non-hydrogen) atoms.